The molecule has 24 heavy (non-hydrogen) atoms. The first-order chi connectivity index (χ1) is 11.6. The van der Waals surface area contributed by atoms with Crippen molar-refractivity contribution >= 4 is 21.8 Å². The van der Waals surface area contributed by atoms with Crippen LogP contribution >= 0.6 is 15.9 Å². The van der Waals surface area contributed by atoms with Crippen LogP contribution in [0.25, 0.3) is 0 Å². The van der Waals surface area contributed by atoms with Gasteiger partial charge < -0.3 is 15.2 Å². The van der Waals surface area contributed by atoms with Crippen LogP contribution < -0.4 is 10.9 Å². The van der Waals surface area contributed by atoms with Gasteiger partial charge in [-0.1, -0.05) is 31.2 Å². The zero-order chi connectivity index (χ0) is 17.1. The third kappa shape index (κ3) is 3.44. The van der Waals surface area contributed by atoms with E-state index in [2.05, 4.69) is 57.4 Å². The van der Waals surface area contributed by atoms with Crippen molar-refractivity contribution in [3.05, 3.63) is 68.0 Å². The minimum Gasteiger partial charge on any atom is -0.329 e. The Morgan fingerprint density at radius 3 is 2.75 bits per heavy atom. The third-order valence-electron chi connectivity index (χ3n) is 4.38. The smallest absolute Gasteiger partial charge is 0.262 e. The summed E-state index contributed by atoms with van der Waals surface area (Å²) in [5.74, 6) is -0.0713. The molecule has 6 heteroatoms. The number of amides is 1. The Morgan fingerprint density at radius 2 is 2.08 bits per heavy atom. The lowest BCUT2D eigenvalue weighted by atomic mass is 10.00. The zero-order valence-corrected chi connectivity index (χ0v) is 15.1. The molecule has 126 valence electrons. The minimum atomic E-state index is -0.237. The van der Waals surface area contributed by atoms with Crippen molar-refractivity contribution in [2.75, 3.05) is 19.6 Å². The molecule has 2 aromatic rings. The lowest BCUT2D eigenvalue weighted by Gasteiger charge is -2.36. The molecule has 2 N–H and O–H groups in total. The summed E-state index contributed by atoms with van der Waals surface area (Å²) in [6.45, 7) is 4.25. The maximum atomic E-state index is 12.9. The Kier molecular flexibility index (Phi) is 5.16. The summed E-state index contributed by atoms with van der Waals surface area (Å²) in [6, 6.07) is 9.99. The van der Waals surface area contributed by atoms with E-state index in [-0.39, 0.29) is 17.5 Å². The lowest BCUT2D eigenvalue weighted by molar-refractivity contribution is 0.0634. The molecule has 0 bridgehead atoms. The fourth-order valence-corrected chi connectivity index (χ4v) is 3.33. The number of carbonyl (C=O) groups is 1. The molecule has 5 nitrogen and oxygen atoms in total. The Morgan fingerprint density at radius 1 is 1.33 bits per heavy atom. The molecule has 1 amide bonds. The molecule has 1 atom stereocenters. The van der Waals surface area contributed by atoms with Gasteiger partial charge in [0.05, 0.1) is 16.1 Å². The van der Waals surface area contributed by atoms with E-state index in [4.69, 9.17) is 0 Å². The van der Waals surface area contributed by atoms with Gasteiger partial charge in [0.2, 0.25) is 0 Å². The van der Waals surface area contributed by atoms with Gasteiger partial charge in [0.25, 0.3) is 11.5 Å². The van der Waals surface area contributed by atoms with Crippen LogP contribution in [0.4, 0.5) is 0 Å². The van der Waals surface area contributed by atoms with Gasteiger partial charge in [0, 0.05) is 25.8 Å². The molecule has 0 spiro atoms. The van der Waals surface area contributed by atoms with E-state index >= 15 is 0 Å². The number of hydrogen-bond donors (Lipinski definition) is 2. The van der Waals surface area contributed by atoms with Gasteiger partial charge in [-0.2, -0.15) is 0 Å². The predicted octanol–water partition coefficient (Wildman–Crippen LogP) is 2.49. The standard InChI is InChI=1S/C18H20BrN3O2/c1-2-12-3-5-13(6-4-12)16-11-20-7-8-22(16)18(24)14-9-15(19)17(23)21-10-14/h3-6,9-10,16,20H,2,7-8,11H2,1H3,(H,21,23). The number of piperazine rings is 1. The number of rotatable bonds is 3. The van der Waals surface area contributed by atoms with E-state index in [9.17, 15) is 9.59 Å². The van der Waals surface area contributed by atoms with Gasteiger partial charge in [0.15, 0.2) is 0 Å². The number of benzene rings is 1. The SMILES string of the molecule is CCc1ccc(C2CNCCN2C(=O)c2c[nH]c(=O)c(Br)c2)cc1. The zero-order valence-electron chi connectivity index (χ0n) is 13.5. The van der Waals surface area contributed by atoms with Gasteiger partial charge >= 0.3 is 0 Å². The average Bonchev–Trinajstić information content (AvgIpc) is 2.63. The summed E-state index contributed by atoms with van der Waals surface area (Å²) >= 11 is 3.19. The van der Waals surface area contributed by atoms with Crippen LogP contribution in [0.1, 0.15) is 34.5 Å². The van der Waals surface area contributed by atoms with E-state index in [0.29, 0.717) is 16.6 Å². The quantitative estimate of drug-likeness (QED) is 0.847. The molecule has 3 rings (SSSR count). The molecule has 1 saturated heterocycles. The third-order valence-corrected chi connectivity index (χ3v) is 4.97. The summed E-state index contributed by atoms with van der Waals surface area (Å²) in [5.41, 5.74) is 2.65. The first kappa shape index (κ1) is 16.9. The van der Waals surface area contributed by atoms with Crippen molar-refractivity contribution < 1.29 is 4.79 Å². The van der Waals surface area contributed by atoms with Crippen LogP contribution in [-0.2, 0) is 6.42 Å². The predicted molar refractivity (Wildman–Crippen MR) is 97.2 cm³/mol. The van der Waals surface area contributed by atoms with Crippen molar-refractivity contribution in [2.24, 2.45) is 0 Å². The first-order valence-electron chi connectivity index (χ1n) is 8.09. The number of halogens is 1. The van der Waals surface area contributed by atoms with Gasteiger partial charge in [-0.05, 0) is 39.5 Å². The second kappa shape index (κ2) is 7.32. The van der Waals surface area contributed by atoms with Crippen molar-refractivity contribution in [2.45, 2.75) is 19.4 Å². The normalized spacial score (nSPS) is 17.8. The molecule has 2 heterocycles. The molecule has 1 unspecified atom stereocenters. The van der Waals surface area contributed by atoms with Crippen LogP contribution in [-0.4, -0.2) is 35.4 Å². The van der Waals surface area contributed by atoms with Crippen LogP contribution in [0.15, 0.2) is 45.8 Å². The van der Waals surface area contributed by atoms with Crippen LogP contribution in [0, 0.1) is 0 Å². The van der Waals surface area contributed by atoms with E-state index < -0.39 is 0 Å². The Bertz CT molecular complexity index is 786. The average molecular weight is 390 g/mol. The van der Waals surface area contributed by atoms with Gasteiger partial charge in [-0.15, -0.1) is 0 Å². The second-order valence-electron chi connectivity index (χ2n) is 5.88. The van der Waals surface area contributed by atoms with Crippen molar-refractivity contribution in [1.29, 1.82) is 0 Å². The highest BCUT2D eigenvalue weighted by atomic mass is 79.9. The number of hydrogen-bond acceptors (Lipinski definition) is 3. The Hall–Kier alpha value is -1.92. The Balaban J connectivity index is 1.89. The summed E-state index contributed by atoms with van der Waals surface area (Å²) < 4.78 is 0.368. The van der Waals surface area contributed by atoms with Gasteiger partial charge in [-0.25, -0.2) is 0 Å². The minimum absolute atomic E-state index is 0.0112. The number of aromatic nitrogens is 1. The lowest BCUT2D eigenvalue weighted by Crippen LogP contribution is -2.48. The summed E-state index contributed by atoms with van der Waals surface area (Å²) in [5, 5.41) is 3.36. The van der Waals surface area contributed by atoms with Crippen LogP contribution in [0.5, 0.6) is 0 Å². The topological polar surface area (TPSA) is 65.2 Å². The highest BCUT2D eigenvalue weighted by Crippen LogP contribution is 2.25. The molecule has 1 aromatic carbocycles. The molecule has 0 aliphatic carbocycles. The molecular weight excluding hydrogens is 370 g/mol. The molecule has 1 aliphatic heterocycles. The van der Waals surface area contributed by atoms with Crippen LogP contribution in [0.2, 0.25) is 0 Å². The fourth-order valence-electron chi connectivity index (χ4n) is 2.97. The summed E-state index contributed by atoms with van der Waals surface area (Å²) in [7, 11) is 0. The fraction of sp³-hybridized carbons (Fsp3) is 0.333. The van der Waals surface area contributed by atoms with E-state index in [1.807, 2.05) is 4.90 Å². The number of aryl methyl sites for hydroxylation is 1. The van der Waals surface area contributed by atoms with Gasteiger partial charge in [0.1, 0.15) is 0 Å². The maximum Gasteiger partial charge on any atom is 0.262 e. The molecule has 0 saturated carbocycles. The number of pyridine rings is 1. The van der Waals surface area contributed by atoms with Crippen molar-refractivity contribution in [3.8, 4) is 0 Å². The highest BCUT2D eigenvalue weighted by Gasteiger charge is 2.28. The first-order valence-corrected chi connectivity index (χ1v) is 8.88. The maximum absolute atomic E-state index is 12.9. The second-order valence-corrected chi connectivity index (χ2v) is 6.73. The van der Waals surface area contributed by atoms with Crippen molar-refractivity contribution in [1.82, 2.24) is 15.2 Å². The van der Waals surface area contributed by atoms with Gasteiger partial charge in [-0.3, -0.25) is 9.59 Å². The molecule has 0 radical (unpaired) electrons. The van der Waals surface area contributed by atoms with E-state index in [0.717, 1.165) is 25.1 Å². The highest BCUT2D eigenvalue weighted by molar-refractivity contribution is 9.10. The number of carbonyl (C=O) groups excluding carboxylic acids is 1. The number of H-pyrrole nitrogens is 1. The number of nitrogens with one attached hydrogen (secondary N) is 2. The molecular formula is C18H20BrN3O2. The van der Waals surface area contributed by atoms with Crippen molar-refractivity contribution in [3.63, 3.8) is 0 Å². The van der Waals surface area contributed by atoms with Crippen LogP contribution in [0.3, 0.4) is 0 Å². The largest absolute Gasteiger partial charge is 0.329 e. The van der Waals surface area contributed by atoms with E-state index in [1.54, 1.807) is 6.07 Å². The number of nitrogens with zero attached hydrogens (tertiary/aromatic N) is 1. The number of aromatic amines is 1. The summed E-state index contributed by atoms with van der Waals surface area (Å²) in [4.78, 5) is 28.9. The Labute approximate surface area is 149 Å². The van der Waals surface area contributed by atoms with E-state index in [1.165, 1.54) is 11.8 Å². The summed E-state index contributed by atoms with van der Waals surface area (Å²) in [6.07, 6.45) is 2.48. The molecule has 1 aromatic heterocycles. The monoisotopic (exact) mass is 389 g/mol. The molecule has 1 aliphatic rings. The molecule has 1 fully saturated rings.